The fourth-order valence-electron chi connectivity index (χ4n) is 2.37. The maximum atomic E-state index is 11.5. The molecule has 0 radical (unpaired) electrons. The quantitative estimate of drug-likeness (QED) is 0.308. The molecule has 0 N–H and O–H groups in total. The zero-order valence-electron chi connectivity index (χ0n) is 14.8. The van der Waals surface area contributed by atoms with Gasteiger partial charge in [0.25, 0.3) is 0 Å². The van der Waals surface area contributed by atoms with Crippen LogP contribution < -0.4 is 0 Å². The van der Waals surface area contributed by atoms with E-state index in [2.05, 4.69) is 11.8 Å². The first-order valence-electron chi connectivity index (χ1n) is 9.04. The van der Waals surface area contributed by atoms with Crippen molar-refractivity contribution < 1.29 is 23.8 Å². The highest BCUT2D eigenvalue weighted by atomic mass is 16.5. The molecule has 0 aliphatic carbocycles. The minimum Gasteiger partial charge on any atom is -0.463 e. The summed E-state index contributed by atoms with van der Waals surface area (Å²) in [7, 11) is 0. The molecule has 1 fully saturated rings. The van der Waals surface area contributed by atoms with Gasteiger partial charge >= 0.3 is 11.9 Å². The second-order valence-corrected chi connectivity index (χ2v) is 5.89. The Bertz CT molecular complexity index is 378. The van der Waals surface area contributed by atoms with Crippen molar-refractivity contribution in [1.29, 1.82) is 0 Å². The maximum Gasteiger partial charge on any atom is 0.331 e. The van der Waals surface area contributed by atoms with Crippen LogP contribution in [0.4, 0.5) is 0 Å². The minimum absolute atomic E-state index is 0.387. The van der Waals surface area contributed by atoms with Crippen molar-refractivity contribution in [3.8, 4) is 0 Å². The Morgan fingerprint density at radius 3 is 2.08 bits per heavy atom. The number of hydrogen-bond donors (Lipinski definition) is 0. The number of rotatable bonds is 12. The first-order valence-corrected chi connectivity index (χ1v) is 9.04. The molecule has 6 nitrogen and oxygen atoms in total. The van der Waals surface area contributed by atoms with Gasteiger partial charge in [0.05, 0.1) is 26.4 Å². The van der Waals surface area contributed by atoms with Gasteiger partial charge in [-0.1, -0.05) is 19.8 Å². The van der Waals surface area contributed by atoms with Crippen molar-refractivity contribution in [2.24, 2.45) is 0 Å². The average molecular weight is 341 g/mol. The van der Waals surface area contributed by atoms with Gasteiger partial charge in [0.15, 0.2) is 0 Å². The molecule has 1 heterocycles. The monoisotopic (exact) mass is 341 g/mol. The molecule has 0 bridgehead atoms. The molecular formula is C18H31NO5. The van der Waals surface area contributed by atoms with Crippen LogP contribution in [0.5, 0.6) is 0 Å². The number of carbonyl (C=O) groups is 2. The number of nitrogens with zero attached hydrogens (tertiary/aromatic N) is 1. The van der Waals surface area contributed by atoms with E-state index < -0.39 is 11.9 Å². The van der Waals surface area contributed by atoms with Gasteiger partial charge in [0.2, 0.25) is 0 Å². The Morgan fingerprint density at radius 1 is 0.917 bits per heavy atom. The first-order chi connectivity index (χ1) is 11.7. The summed E-state index contributed by atoms with van der Waals surface area (Å²) in [5.41, 5.74) is 0. The van der Waals surface area contributed by atoms with Crippen LogP contribution in [-0.4, -0.2) is 62.9 Å². The minimum atomic E-state index is -0.492. The van der Waals surface area contributed by atoms with Crippen molar-refractivity contribution in [3.05, 3.63) is 12.2 Å². The van der Waals surface area contributed by atoms with Gasteiger partial charge in [-0.05, 0) is 32.2 Å². The van der Waals surface area contributed by atoms with Gasteiger partial charge in [0.1, 0.15) is 0 Å². The number of morpholine rings is 1. The van der Waals surface area contributed by atoms with Crippen LogP contribution in [0.2, 0.25) is 0 Å². The number of hydrogen-bond acceptors (Lipinski definition) is 6. The van der Waals surface area contributed by atoms with Crippen molar-refractivity contribution >= 4 is 11.9 Å². The fourth-order valence-corrected chi connectivity index (χ4v) is 2.37. The van der Waals surface area contributed by atoms with E-state index in [1.807, 2.05) is 0 Å². The molecule has 0 saturated carbocycles. The van der Waals surface area contributed by atoms with Gasteiger partial charge in [-0.2, -0.15) is 0 Å². The third kappa shape index (κ3) is 11.2. The van der Waals surface area contributed by atoms with Crippen LogP contribution in [0.1, 0.15) is 45.4 Å². The van der Waals surface area contributed by atoms with Crippen LogP contribution in [0, 0.1) is 0 Å². The summed E-state index contributed by atoms with van der Waals surface area (Å²) in [5.74, 6) is -0.984. The molecule has 0 amide bonds. The summed E-state index contributed by atoms with van der Waals surface area (Å²) in [6.07, 6.45) is 8.18. The van der Waals surface area contributed by atoms with E-state index in [0.29, 0.717) is 13.2 Å². The predicted octanol–water partition coefficient (Wildman–Crippen LogP) is 2.32. The number of esters is 2. The highest BCUT2D eigenvalue weighted by Gasteiger charge is 2.09. The second-order valence-electron chi connectivity index (χ2n) is 5.89. The molecule has 6 heteroatoms. The van der Waals surface area contributed by atoms with Gasteiger partial charge in [-0.3, -0.25) is 4.90 Å². The molecule has 0 aromatic heterocycles. The molecule has 0 atom stereocenters. The summed E-state index contributed by atoms with van der Waals surface area (Å²) in [6, 6.07) is 0. The van der Waals surface area contributed by atoms with Crippen molar-refractivity contribution in [3.63, 3.8) is 0 Å². The number of ether oxygens (including phenoxy) is 3. The van der Waals surface area contributed by atoms with Gasteiger partial charge in [-0.25, -0.2) is 9.59 Å². The molecule has 24 heavy (non-hydrogen) atoms. The summed E-state index contributed by atoms with van der Waals surface area (Å²) in [6.45, 7) is 7.60. The lowest BCUT2D eigenvalue weighted by Gasteiger charge is -2.26. The summed E-state index contributed by atoms with van der Waals surface area (Å²) >= 11 is 0. The lowest BCUT2D eigenvalue weighted by Crippen LogP contribution is -2.36. The number of carbonyl (C=O) groups excluding carboxylic acids is 2. The van der Waals surface area contributed by atoms with Gasteiger partial charge in [0, 0.05) is 25.2 Å². The molecule has 0 unspecified atom stereocenters. The molecule has 0 spiro atoms. The highest BCUT2D eigenvalue weighted by Crippen LogP contribution is 2.02. The zero-order valence-corrected chi connectivity index (χ0v) is 14.8. The SMILES string of the molecule is CCCCCOC(=O)C=CC(=O)OCCCCCN1CCOCC1. The van der Waals surface area contributed by atoms with E-state index in [1.54, 1.807) is 0 Å². The topological polar surface area (TPSA) is 65.1 Å². The smallest absolute Gasteiger partial charge is 0.331 e. The Labute approximate surface area is 145 Å². The fraction of sp³-hybridized carbons (Fsp3) is 0.778. The van der Waals surface area contributed by atoms with Crippen LogP contribution in [0.3, 0.4) is 0 Å². The highest BCUT2D eigenvalue weighted by molar-refractivity contribution is 5.91. The van der Waals surface area contributed by atoms with Crippen LogP contribution >= 0.6 is 0 Å². The Morgan fingerprint density at radius 2 is 1.50 bits per heavy atom. The van der Waals surface area contributed by atoms with E-state index >= 15 is 0 Å². The lowest BCUT2D eigenvalue weighted by molar-refractivity contribution is -0.140. The molecule has 1 aliphatic rings. The van der Waals surface area contributed by atoms with E-state index in [-0.39, 0.29) is 0 Å². The molecule has 0 aromatic carbocycles. The average Bonchev–Trinajstić information content (AvgIpc) is 2.61. The van der Waals surface area contributed by atoms with E-state index in [0.717, 1.165) is 83.5 Å². The van der Waals surface area contributed by atoms with E-state index in [4.69, 9.17) is 14.2 Å². The normalized spacial score (nSPS) is 15.5. The van der Waals surface area contributed by atoms with E-state index in [1.165, 1.54) is 0 Å². The summed E-state index contributed by atoms with van der Waals surface area (Å²) < 4.78 is 15.3. The van der Waals surface area contributed by atoms with Gasteiger partial charge < -0.3 is 14.2 Å². The molecule has 138 valence electrons. The maximum absolute atomic E-state index is 11.5. The Kier molecular flexibility index (Phi) is 12.0. The summed E-state index contributed by atoms with van der Waals surface area (Å²) in [5, 5.41) is 0. The standard InChI is InChI=1S/C18H31NO5/c1-2-3-6-13-23-17(20)8-9-18(21)24-14-7-4-5-10-19-11-15-22-16-12-19/h8-9H,2-7,10-16H2,1H3. The van der Waals surface area contributed by atoms with Crippen molar-refractivity contribution in [1.82, 2.24) is 4.90 Å². The zero-order chi connectivity index (χ0) is 17.5. The Balaban J connectivity index is 1.94. The van der Waals surface area contributed by atoms with Crippen LogP contribution in [-0.2, 0) is 23.8 Å². The van der Waals surface area contributed by atoms with E-state index in [9.17, 15) is 9.59 Å². The molecule has 1 saturated heterocycles. The molecular weight excluding hydrogens is 310 g/mol. The largest absolute Gasteiger partial charge is 0.463 e. The molecule has 1 rings (SSSR count). The van der Waals surface area contributed by atoms with Crippen molar-refractivity contribution in [2.75, 3.05) is 46.1 Å². The predicted molar refractivity (Wildman–Crippen MR) is 91.7 cm³/mol. The summed E-state index contributed by atoms with van der Waals surface area (Å²) in [4.78, 5) is 25.2. The van der Waals surface area contributed by atoms with Crippen molar-refractivity contribution in [2.45, 2.75) is 45.4 Å². The third-order valence-corrected chi connectivity index (χ3v) is 3.81. The second kappa shape index (κ2) is 14.0. The Hall–Kier alpha value is -1.40. The number of unbranched alkanes of at least 4 members (excludes halogenated alkanes) is 4. The van der Waals surface area contributed by atoms with Crippen LogP contribution in [0.25, 0.3) is 0 Å². The lowest BCUT2D eigenvalue weighted by atomic mass is 10.2. The molecule has 1 aliphatic heterocycles. The first kappa shape index (κ1) is 20.6. The van der Waals surface area contributed by atoms with Crippen LogP contribution in [0.15, 0.2) is 12.2 Å². The van der Waals surface area contributed by atoms with Gasteiger partial charge in [-0.15, -0.1) is 0 Å². The third-order valence-electron chi connectivity index (χ3n) is 3.81. The molecule has 0 aromatic rings.